The van der Waals surface area contributed by atoms with Crippen molar-refractivity contribution < 1.29 is 22.8 Å². The molecule has 0 aromatic heterocycles. The number of benzene rings is 2. The molecule has 0 aliphatic carbocycles. The number of thiol groups is 1. The monoisotopic (exact) mass is 412 g/mol. The van der Waals surface area contributed by atoms with Crippen molar-refractivity contribution in [2.45, 2.75) is 12.7 Å². The number of amides is 3. The molecule has 0 heterocycles. The number of hydrogen-bond acceptors (Lipinski definition) is 4. The number of primary amides is 1. The summed E-state index contributed by atoms with van der Waals surface area (Å²) in [5, 5.41) is 2.50. The van der Waals surface area contributed by atoms with Crippen LogP contribution in [0.3, 0.4) is 0 Å². The van der Waals surface area contributed by atoms with Gasteiger partial charge in [-0.25, -0.2) is 9.10 Å². The number of nitrogens with zero attached hydrogens (tertiary/aromatic N) is 2. The minimum Gasteiger partial charge on any atom is -0.377 e. The second-order valence-electron chi connectivity index (χ2n) is 6.13. The van der Waals surface area contributed by atoms with E-state index in [4.69, 9.17) is 5.73 Å². The predicted octanol–water partition coefficient (Wildman–Crippen LogP) is 3.43. The van der Waals surface area contributed by atoms with E-state index in [9.17, 15) is 22.8 Å². The summed E-state index contributed by atoms with van der Waals surface area (Å²) in [5.41, 5.74) is 5.33. The second-order valence-corrected chi connectivity index (χ2v) is 6.53. The quantitative estimate of drug-likeness (QED) is 0.659. The molecule has 0 aliphatic heterocycles. The Morgan fingerprint density at radius 1 is 1.11 bits per heavy atom. The highest BCUT2D eigenvalue weighted by Crippen LogP contribution is 2.36. The van der Waals surface area contributed by atoms with Crippen LogP contribution < -0.4 is 20.3 Å². The first-order chi connectivity index (χ1) is 13.0. The van der Waals surface area contributed by atoms with Gasteiger partial charge in [0, 0.05) is 31.9 Å². The molecule has 3 amide bonds. The molecule has 0 spiro atoms. The lowest BCUT2D eigenvalue weighted by atomic mass is 10.1. The second kappa shape index (κ2) is 8.42. The molecule has 0 aliphatic rings. The molecule has 0 atom stereocenters. The van der Waals surface area contributed by atoms with Crippen LogP contribution >= 0.6 is 12.8 Å². The summed E-state index contributed by atoms with van der Waals surface area (Å²) in [7, 11) is 3.04. The third-order valence-corrected chi connectivity index (χ3v) is 4.29. The molecule has 3 N–H and O–H groups in total. The maximum absolute atomic E-state index is 13.3. The van der Waals surface area contributed by atoms with E-state index in [0.717, 1.165) is 10.4 Å². The van der Waals surface area contributed by atoms with E-state index in [2.05, 4.69) is 18.1 Å². The highest BCUT2D eigenvalue weighted by Gasteiger charge is 2.34. The standard InChI is InChI=1S/C18H19F3N4O2S/c1-24(2)15-8-3-11(9-14(15)18(19,20)21)10-23-17(27)25(28)13-6-4-12(5-7-13)16(22)26/h3-9,28H,10H2,1-2H3,(H2,22,26)(H,23,27). The Kier molecular flexibility index (Phi) is 6.45. The van der Waals surface area contributed by atoms with Gasteiger partial charge in [-0.1, -0.05) is 18.9 Å². The fraction of sp³-hybridized carbons (Fsp3) is 0.222. The van der Waals surface area contributed by atoms with Gasteiger partial charge in [-0.05, 0) is 42.0 Å². The zero-order valence-electron chi connectivity index (χ0n) is 15.1. The first kappa shape index (κ1) is 21.4. The van der Waals surface area contributed by atoms with Crippen LogP contribution in [-0.2, 0) is 12.7 Å². The van der Waals surface area contributed by atoms with Gasteiger partial charge in [0.1, 0.15) is 0 Å². The highest BCUT2D eigenvalue weighted by atomic mass is 32.1. The molecule has 0 saturated heterocycles. The zero-order valence-corrected chi connectivity index (χ0v) is 16.0. The third-order valence-electron chi connectivity index (χ3n) is 3.88. The normalized spacial score (nSPS) is 11.1. The number of nitrogens with two attached hydrogens (primary N) is 1. The summed E-state index contributed by atoms with van der Waals surface area (Å²) in [6.07, 6.45) is -4.52. The number of nitrogens with one attached hydrogen (secondary N) is 1. The van der Waals surface area contributed by atoms with E-state index in [1.54, 1.807) is 0 Å². The molecule has 6 nitrogen and oxygen atoms in total. The lowest BCUT2D eigenvalue weighted by Gasteiger charge is -2.21. The van der Waals surface area contributed by atoms with Crippen molar-refractivity contribution in [2.75, 3.05) is 23.3 Å². The lowest BCUT2D eigenvalue weighted by Crippen LogP contribution is -2.33. The number of carbonyl (C=O) groups excluding carboxylic acids is 2. The average Bonchev–Trinajstić information content (AvgIpc) is 2.64. The first-order valence-electron chi connectivity index (χ1n) is 8.05. The van der Waals surface area contributed by atoms with Crippen molar-refractivity contribution in [1.29, 1.82) is 0 Å². The van der Waals surface area contributed by atoms with Crippen LogP contribution in [0.25, 0.3) is 0 Å². The number of hydrogen-bond donors (Lipinski definition) is 3. The van der Waals surface area contributed by atoms with E-state index in [-0.39, 0.29) is 23.4 Å². The third kappa shape index (κ3) is 5.10. The predicted molar refractivity (Wildman–Crippen MR) is 104 cm³/mol. The Bertz CT molecular complexity index is 870. The van der Waals surface area contributed by atoms with Crippen molar-refractivity contribution in [1.82, 2.24) is 5.32 Å². The number of anilines is 2. The van der Waals surface area contributed by atoms with Crippen LogP contribution in [0.4, 0.5) is 29.3 Å². The number of urea groups is 1. The summed E-state index contributed by atoms with van der Waals surface area (Å²) >= 11 is 4.07. The van der Waals surface area contributed by atoms with Crippen LogP contribution in [0.15, 0.2) is 42.5 Å². The summed E-state index contributed by atoms with van der Waals surface area (Å²) in [4.78, 5) is 24.6. The Morgan fingerprint density at radius 3 is 2.21 bits per heavy atom. The fourth-order valence-electron chi connectivity index (χ4n) is 2.45. The van der Waals surface area contributed by atoms with E-state index >= 15 is 0 Å². The Balaban J connectivity index is 2.10. The molecule has 0 bridgehead atoms. The molecule has 150 valence electrons. The SMILES string of the molecule is CN(C)c1ccc(CNC(=O)N(S)c2ccc(C(N)=O)cc2)cc1C(F)(F)F. The number of rotatable bonds is 5. The van der Waals surface area contributed by atoms with Crippen molar-refractivity contribution >= 4 is 36.1 Å². The summed E-state index contributed by atoms with van der Waals surface area (Å²) < 4.78 is 40.8. The summed E-state index contributed by atoms with van der Waals surface area (Å²) in [6, 6.07) is 9.04. The summed E-state index contributed by atoms with van der Waals surface area (Å²) in [5.74, 6) is -0.608. The van der Waals surface area contributed by atoms with E-state index in [1.807, 2.05) is 0 Å². The van der Waals surface area contributed by atoms with Crippen LogP contribution in [0.1, 0.15) is 21.5 Å². The van der Waals surface area contributed by atoms with Gasteiger partial charge in [0.25, 0.3) is 0 Å². The maximum atomic E-state index is 13.3. The first-order valence-corrected chi connectivity index (χ1v) is 8.45. The van der Waals surface area contributed by atoms with Gasteiger partial charge in [0.2, 0.25) is 5.91 Å². The van der Waals surface area contributed by atoms with Crippen molar-refractivity contribution in [3.05, 3.63) is 59.2 Å². The van der Waals surface area contributed by atoms with E-state index in [0.29, 0.717) is 5.69 Å². The minimum absolute atomic E-state index is 0.0351. The highest BCUT2D eigenvalue weighted by molar-refractivity contribution is 7.82. The molecular formula is C18H19F3N4O2S. The zero-order chi connectivity index (χ0) is 21.1. The molecule has 28 heavy (non-hydrogen) atoms. The number of alkyl halides is 3. The van der Waals surface area contributed by atoms with Crippen molar-refractivity contribution in [3.63, 3.8) is 0 Å². The fourth-order valence-corrected chi connectivity index (χ4v) is 2.65. The Morgan fingerprint density at radius 2 is 1.71 bits per heavy atom. The van der Waals surface area contributed by atoms with Gasteiger partial charge in [0.05, 0.1) is 11.3 Å². The van der Waals surface area contributed by atoms with E-state index in [1.165, 1.54) is 55.4 Å². The van der Waals surface area contributed by atoms with Crippen molar-refractivity contribution in [3.8, 4) is 0 Å². The molecule has 0 radical (unpaired) electrons. The van der Waals surface area contributed by atoms with Gasteiger partial charge in [-0.2, -0.15) is 13.2 Å². The molecule has 0 saturated carbocycles. The average molecular weight is 412 g/mol. The Hall–Kier alpha value is -2.88. The molecule has 0 fully saturated rings. The smallest absolute Gasteiger partial charge is 0.377 e. The number of carbonyl (C=O) groups is 2. The molecular weight excluding hydrogens is 393 g/mol. The van der Waals surface area contributed by atoms with E-state index < -0.39 is 23.7 Å². The van der Waals surface area contributed by atoms with Crippen LogP contribution in [0.5, 0.6) is 0 Å². The van der Waals surface area contributed by atoms with Gasteiger partial charge >= 0.3 is 12.2 Å². The maximum Gasteiger partial charge on any atom is 0.418 e. The van der Waals surface area contributed by atoms with Crippen LogP contribution in [-0.4, -0.2) is 26.0 Å². The van der Waals surface area contributed by atoms with Crippen LogP contribution in [0, 0.1) is 0 Å². The largest absolute Gasteiger partial charge is 0.418 e. The van der Waals surface area contributed by atoms with Gasteiger partial charge in [0.15, 0.2) is 0 Å². The van der Waals surface area contributed by atoms with Gasteiger partial charge < -0.3 is 16.0 Å². The van der Waals surface area contributed by atoms with Gasteiger partial charge in [-0.15, -0.1) is 0 Å². The molecule has 2 aromatic carbocycles. The molecule has 10 heteroatoms. The van der Waals surface area contributed by atoms with Gasteiger partial charge in [-0.3, -0.25) is 4.79 Å². The molecule has 2 aromatic rings. The molecule has 0 unspecified atom stereocenters. The van der Waals surface area contributed by atoms with Crippen LogP contribution in [0.2, 0.25) is 0 Å². The lowest BCUT2D eigenvalue weighted by molar-refractivity contribution is -0.137. The van der Waals surface area contributed by atoms with Crippen molar-refractivity contribution in [2.24, 2.45) is 5.73 Å². The molecule has 2 rings (SSSR count). The summed E-state index contributed by atoms with van der Waals surface area (Å²) in [6.45, 7) is -0.119. The topological polar surface area (TPSA) is 78.7 Å². The minimum atomic E-state index is -4.52. The Labute approximate surface area is 165 Å². The number of halogens is 3.